The Morgan fingerprint density at radius 1 is 1.29 bits per heavy atom. The summed E-state index contributed by atoms with van der Waals surface area (Å²) in [5.74, 6) is 1.43. The molecule has 0 heterocycles. The summed E-state index contributed by atoms with van der Waals surface area (Å²) in [5, 5.41) is 9.32. The molecule has 0 aliphatic carbocycles. The van der Waals surface area contributed by atoms with Crippen molar-refractivity contribution in [3.63, 3.8) is 0 Å². The maximum atomic E-state index is 8.77. The lowest BCUT2D eigenvalue weighted by Gasteiger charge is -2.14. The van der Waals surface area contributed by atoms with E-state index in [4.69, 9.17) is 26.2 Å². The number of hydrogen-bond donors (Lipinski definition) is 1. The van der Waals surface area contributed by atoms with Crippen LogP contribution in [0, 0.1) is 0 Å². The van der Waals surface area contributed by atoms with E-state index >= 15 is 0 Å². The molecule has 1 rings (SSSR count). The van der Waals surface area contributed by atoms with Crippen molar-refractivity contribution >= 4 is 43.5 Å². The van der Waals surface area contributed by atoms with Crippen LogP contribution in [-0.4, -0.2) is 24.9 Å². The van der Waals surface area contributed by atoms with Crippen molar-refractivity contribution in [2.75, 3.05) is 19.8 Å². The van der Waals surface area contributed by atoms with E-state index in [0.717, 1.165) is 34.0 Å². The van der Waals surface area contributed by atoms with Crippen molar-refractivity contribution in [3.05, 3.63) is 32.2 Å². The average molecular weight is 443 g/mol. The van der Waals surface area contributed by atoms with E-state index < -0.39 is 0 Å². The fourth-order valence-electron chi connectivity index (χ4n) is 1.72. The first-order chi connectivity index (χ1) is 10.1. The number of ether oxygens (including phenoxy) is 2. The second kappa shape index (κ2) is 10.5. The second-order valence-electron chi connectivity index (χ2n) is 4.33. The fourth-order valence-corrected chi connectivity index (χ4v) is 2.27. The van der Waals surface area contributed by atoms with E-state index in [0.29, 0.717) is 24.0 Å². The second-order valence-corrected chi connectivity index (χ2v) is 7.51. The monoisotopic (exact) mass is 440 g/mol. The predicted octanol–water partition coefficient (Wildman–Crippen LogP) is 5.06. The number of aliphatic hydroxyl groups excluding tert-OH is 1. The Labute approximate surface area is 147 Å². The predicted molar refractivity (Wildman–Crippen MR) is 94.1 cm³/mol. The van der Waals surface area contributed by atoms with Crippen molar-refractivity contribution in [3.8, 4) is 11.5 Å². The van der Waals surface area contributed by atoms with Crippen LogP contribution in [0.3, 0.4) is 0 Å². The summed E-state index contributed by atoms with van der Waals surface area (Å²) in [7, 11) is 0. The van der Waals surface area contributed by atoms with Crippen LogP contribution in [-0.2, 0) is 6.42 Å². The van der Waals surface area contributed by atoms with Gasteiger partial charge in [-0.05, 0) is 68.8 Å². The van der Waals surface area contributed by atoms with Crippen LogP contribution in [0.15, 0.2) is 21.6 Å². The topological polar surface area (TPSA) is 38.7 Å². The summed E-state index contributed by atoms with van der Waals surface area (Å²) in [6.45, 7) is 3.22. The Balaban J connectivity index is 2.74. The molecule has 21 heavy (non-hydrogen) atoms. The molecule has 118 valence electrons. The first kappa shape index (κ1) is 18.8. The molecule has 0 saturated carbocycles. The minimum absolute atomic E-state index is 0.182. The molecule has 1 aromatic carbocycles. The van der Waals surface area contributed by atoms with Gasteiger partial charge in [-0.25, -0.2) is 0 Å². The quantitative estimate of drug-likeness (QED) is 0.543. The number of benzene rings is 1. The molecule has 0 radical (unpaired) electrons. The minimum atomic E-state index is 0.182. The maximum Gasteiger partial charge on any atom is 0.141 e. The Morgan fingerprint density at radius 2 is 2.05 bits per heavy atom. The smallest absolute Gasteiger partial charge is 0.141 e. The van der Waals surface area contributed by atoms with Gasteiger partial charge in [0.05, 0.1) is 15.0 Å². The molecule has 0 aliphatic rings. The van der Waals surface area contributed by atoms with Gasteiger partial charge in [0.15, 0.2) is 0 Å². The van der Waals surface area contributed by atoms with Crippen LogP contribution in [0.1, 0.15) is 25.3 Å². The first-order valence-electron chi connectivity index (χ1n) is 6.78. The highest BCUT2D eigenvalue weighted by Gasteiger charge is 2.10. The Hall–Kier alpha value is -0.230. The third-order valence-electron chi connectivity index (χ3n) is 2.76. The van der Waals surface area contributed by atoms with Gasteiger partial charge < -0.3 is 14.6 Å². The third-order valence-corrected chi connectivity index (χ3v) is 3.69. The summed E-state index contributed by atoms with van der Waals surface area (Å²) < 4.78 is 12.2. The standard InChI is InChI=1S/C15H19Br2ClO3/c1-2-11-9-12(20-8-5-14(16)17)10-13(18)15(11)21-7-4-3-6-19/h5,9-10,19H,2-4,6-8H2,1H3. The van der Waals surface area contributed by atoms with Gasteiger partial charge >= 0.3 is 0 Å². The maximum absolute atomic E-state index is 8.77. The van der Waals surface area contributed by atoms with Crippen molar-refractivity contribution in [1.82, 2.24) is 0 Å². The molecule has 1 N–H and O–H groups in total. The van der Waals surface area contributed by atoms with Crippen molar-refractivity contribution in [1.29, 1.82) is 0 Å². The highest BCUT2D eigenvalue weighted by Crippen LogP contribution is 2.34. The number of halogens is 3. The van der Waals surface area contributed by atoms with Gasteiger partial charge in [-0.2, -0.15) is 0 Å². The molecule has 0 aliphatic heterocycles. The van der Waals surface area contributed by atoms with Crippen LogP contribution in [0.2, 0.25) is 5.02 Å². The van der Waals surface area contributed by atoms with E-state index in [9.17, 15) is 0 Å². The Morgan fingerprint density at radius 3 is 2.67 bits per heavy atom. The normalized spacial score (nSPS) is 10.3. The zero-order chi connectivity index (χ0) is 15.7. The van der Waals surface area contributed by atoms with Crippen molar-refractivity contribution < 1.29 is 14.6 Å². The number of aliphatic hydroxyl groups is 1. The molecule has 0 saturated heterocycles. The molecule has 0 unspecified atom stereocenters. The van der Waals surface area contributed by atoms with Gasteiger partial charge in [0, 0.05) is 12.7 Å². The van der Waals surface area contributed by atoms with E-state index in [1.807, 2.05) is 19.1 Å². The number of hydrogen-bond acceptors (Lipinski definition) is 3. The third kappa shape index (κ3) is 7.04. The Kier molecular flexibility index (Phi) is 9.40. The molecule has 1 aromatic rings. The van der Waals surface area contributed by atoms with E-state index in [2.05, 4.69) is 31.9 Å². The molecule has 0 bridgehead atoms. The molecule has 3 nitrogen and oxygen atoms in total. The molecule has 0 aromatic heterocycles. The molecule has 6 heteroatoms. The van der Waals surface area contributed by atoms with Crippen LogP contribution >= 0.6 is 43.5 Å². The SMILES string of the molecule is CCc1cc(OCC=C(Br)Br)cc(Cl)c1OCCCCO. The lowest BCUT2D eigenvalue weighted by Crippen LogP contribution is -2.03. The highest BCUT2D eigenvalue weighted by atomic mass is 79.9. The van der Waals surface area contributed by atoms with E-state index in [1.165, 1.54) is 0 Å². The van der Waals surface area contributed by atoms with Crippen molar-refractivity contribution in [2.24, 2.45) is 0 Å². The van der Waals surface area contributed by atoms with Gasteiger partial charge in [0.2, 0.25) is 0 Å². The zero-order valence-corrected chi connectivity index (χ0v) is 15.8. The first-order valence-corrected chi connectivity index (χ1v) is 8.75. The number of aryl methyl sites for hydroxylation is 1. The van der Waals surface area contributed by atoms with E-state index in [-0.39, 0.29) is 6.61 Å². The van der Waals surface area contributed by atoms with Gasteiger partial charge in [-0.3, -0.25) is 0 Å². The van der Waals surface area contributed by atoms with Crippen molar-refractivity contribution in [2.45, 2.75) is 26.2 Å². The lowest BCUT2D eigenvalue weighted by atomic mass is 10.1. The average Bonchev–Trinajstić information content (AvgIpc) is 2.44. The minimum Gasteiger partial charge on any atom is -0.492 e. The summed E-state index contributed by atoms with van der Waals surface area (Å²) in [4.78, 5) is 0. The van der Waals surface area contributed by atoms with Gasteiger partial charge in [0.25, 0.3) is 0 Å². The van der Waals surface area contributed by atoms with Crippen LogP contribution in [0.5, 0.6) is 11.5 Å². The summed E-state index contributed by atoms with van der Waals surface area (Å²) in [5.41, 5.74) is 1.02. The van der Waals surface area contributed by atoms with Gasteiger partial charge in [-0.1, -0.05) is 18.5 Å². The molecule has 0 fully saturated rings. The molecular weight excluding hydrogens is 423 g/mol. The Bertz CT molecular complexity index is 474. The molecular formula is C15H19Br2ClO3. The number of unbranched alkanes of at least 4 members (excludes halogenated alkanes) is 1. The fraction of sp³-hybridized carbons (Fsp3) is 0.467. The van der Waals surface area contributed by atoms with Gasteiger partial charge in [-0.15, -0.1) is 0 Å². The molecule has 0 atom stereocenters. The zero-order valence-electron chi connectivity index (χ0n) is 11.9. The number of rotatable bonds is 9. The van der Waals surface area contributed by atoms with Gasteiger partial charge in [0.1, 0.15) is 18.1 Å². The van der Waals surface area contributed by atoms with Crippen LogP contribution in [0.4, 0.5) is 0 Å². The summed E-state index contributed by atoms with van der Waals surface area (Å²) in [6.07, 6.45) is 4.20. The summed E-state index contributed by atoms with van der Waals surface area (Å²) >= 11 is 12.8. The molecule has 0 amide bonds. The summed E-state index contributed by atoms with van der Waals surface area (Å²) in [6, 6.07) is 3.71. The lowest BCUT2D eigenvalue weighted by molar-refractivity contribution is 0.252. The van der Waals surface area contributed by atoms with Crippen LogP contribution < -0.4 is 9.47 Å². The highest BCUT2D eigenvalue weighted by molar-refractivity contribution is 9.28. The van der Waals surface area contributed by atoms with Crippen LogP contribution in [0.25, 0.3) is 0 Å². The molecule has 0 spiro atoms. The largest absolute Gasteiger partial charge is 0.492 e. The van der Waals surface area contributed by atoms with E-state index in [1.54, 1.807) is 6.07 Å².